The Labute approximate surface area is 192 Å². The van der Waals surface area contributed by atoms with E-state index in [1.165, 1.54) is 0 Å². The van der Waals surface area contributed by atoms with Crippen LogP contribution in [-0.2, 0) is 10.0 Å². The highest BCUT2D eigenvalue weighted by atomic mass is 79.9. The van der Waals surface area contributed by atoms with Crippen molar-refractivity contribution < 1.29 is 8.42 Å². The zero-order valence-electron chi connectivity index (χ0n) is 18.1. The molecule has 2 aromatic heterocycles. The number of nitrogens with one attached hydrogen (secondary N) is 1. The van der Waals surface area contributed by atoms with Gasteiger partial charge in [0.2, 0.25) is 10.0 Å². The summed E-state index contributed by atoms with van der Waals surface area (Å²) in [4.78, 5) is 8.97. The van der Waals surface area contributed by atoms with E-state index >= 15 is 0 Å². The summed E-state index contributed by atoms with van der Waals surface area (Å²) < 4.78 is 29.1. The maximum atomic E-state index is 12.5. The number of allylic oxidation sites excluding steroid dienone is 1. The highest BCUT2D eigenvalue weighted by Gasteiger charge is 2.31. The normalized spacial score (nSPS) is 16.8. The molecule has 0 radical (unpaired) electrons. The minimum Gasteiger partial charge on any atom is -0.366 e. The Kier molecular flexibility index (Phi) is 7.66. The average molecular weight is 509 g/mol. The quantitative estimate of drug-likeness (QED) is 0.544. The number of aromatic nitrogens is 3. The maximum absolute atomic E-state index is 12.5. The van der Waals surface area contributed by atoms with E-state index in [1.807, 2.05) is 19.1 Å². The lowest BCUT2D eigenvalue weighted by molar-refractivity contribution is 0.314. The predicted octanol–water partition coefficient (Wildman–Crippen LogP) is 3.98. The van der Waals surface area contributed by atoms with Crippen molar-refractivity contribution in [3.8, 4) is 0 Å². The molecule has 3 rings (SSSR count). The molecule has 2 aromatic rings. The second kappa shape index (κ2) is 10.1. The summed E-state index contributed by atoms with van der Waals surface area (Å²) in [6.07, 6.45) is 8.49. The van der Waals surface area contributed by atoms with Crippen LogP contribution in [0.2, 0.25) is 0 Å². The summed E-state index contributed by atoms with van der Waals surface area (Å²) in [5.74, 6) is 0.994. The Hall–Kier alpha value is -2.04. The van der Waals surface area contributed by atoms with Crippen LogP contribution >= 0.6 is 15.9 Å². The van der Waals surface area contributed by atoms with Crippen LogP contribution in [0.3, 0.4) is 0 Å². The second-order valence-corrected chi connectivity index (χ2v) is 11.2. The molecule has 1 saturated heterocycles. The van der Waals surface area contributed by atoms with Crippen LogP contribution in [0, 0.1) is 0 Å². The summed E-state index contributed by atoms with van der Waals surface area (Å²) in [6, 6.07) is 2.00. The topological polar surface area (TPSA) is 92.0 Å². The van der Waals surface area contributed by atoms with Crippen molar-refractivity contribution in [1.82, 2.24) is 18.9 Å². The van der Waals surface area contributed by atoms with Crippen molar-refractivity contribution in [2.45, 2.75) is 44.8 Å². The van der Waals surface area contributed by atoms with Crippen LogP contribution in [0.4, 0.5) is 5.82 Å². The van der Waals surface area contributed by atoms with Gasteiger partial charge in [0.15, 0.2) is 5.65 Å². The van der Waals surface area contributed by atoms with Crippen LogP contribution in [0.1, 0.15) is 45.2 Å². The number of hydrogen-bond acceptors (Lipinski definition) is 6. The van der Waals surface area contributed by atoms with Crippen molar-refractivity contribution >= 4 is 43.6 Å². The van der Waals surface area contributed by atoms with Crippen LogP contribution in [0.25, 0.3) is 5.65 Å². The van der Waals surface area contributed by atoms with Crippen LogP contribution in [0.5, 0.6) is 0 Å². The molecule has 1 fully saturated rings. The maximum Gasteiger partial charge on any atom is 0.216 e. The van der Waals surface area contributed by atoms with Gasteiger partial charge < -0.3 is 5.32 Å². The van der Waals surface area contributed by atoms with Gasteiger partial charge in [-0.05, 0) is 55.1 Å². The molecule has 0 aliphatic carbocycles. The summed E-state index contributed by atoms with van der Waals surface area (Å²) in [5, 5.41) is 7.38. The number of fused-ring (bicyclic) bond motifs is 1. The third kappa shape index (κ3) is 5.42. The van der Waals surface area contributed by atoms with E-state index in [-0.39, 0.29) is 5.92 Å². The van der Waals surface area contributed by atoms with E-state index in [9.17, 15) is 8.42 Å². The van der Waals surface area contributed by atoms with Crippen molar-refractivity contribution in [3.05, 3.63) is 46.9 Å². The Morgan fingerprint density at radius 2 is 2.13 bits per heavy atom. The largest absolute Gasteiger partial charge is 0.366 e. The standard InChI is InChI=1S/C21H29BrN6O2S/c1-5-8-23-12-16(4)13-24-20-11-19(26-21-18(22)14-25-28(20)21)17-6-9-27(10-7-17)31(29,30)15(2)3/h5,8,11-12,14-15,17,24H,4,6-7,9-10,13H2,1-3H3/b8-5-,23-12?. The molecule has 168 valence electrons. The average Bonchev–Trinajstić information content (AvgIpc) is 3.13. The lowest BCUT2D eigenvalue weighted by Crippen LogP contribution is -2.41. The molecule has 1 N–H and O–H groups in total. The van der Waals surface area contributed by atoms with Gasteiger partial charge in [-0.15, -0.1) is 0 Å². The van der Waals surface area contributed by atoms with E-state index in [1.54, 1.807) is 41.3 Å². The zero-order chi connectivity index (χ0) is 22.6. The molecule has 0 unspecified atom stereocenters. The van der Waals surface area contributed by atoms with Gasteiger partial charge in [-0.1, -0.05) is 12.7 Å². The Morgan fingerprint density at radius 3 is 2.77 bits per heavy atom. The number of sulfonamides is 1. The Balaban J connectivity index is 1.79. The van der Waals surface area contributed by atoms with Crippen molar-refractivity contribution in [1.29, 1.82) is 0 Å². The van der Waals surface area contributed by atoms with Crippen LogP contribution < -0.4 is 5.32 Å². The lowest BCUT2D eigenvalue weighted by atomic mass is 9.94. The van der Waals surface area contributed by atoms with E-state index in [4.69, 9.17) is 4.98 Å². The van der Waals surface area contributed by atoms with E-state index in [0.717, 1.165) is 40.0 Å². The first-order valence-corrected chi connectivity index (χ1v) is 12.6. The molecular formula is C21H29BrN6O2S. The summed E-state index contributed by atoms with van der Waals surface area (Å²) >= 11 is 3.53. The Bertz CT molecular complexity index is 1100. The SMILES string of the molecule is C=C(C=N/C=C\C)CNc1cc(C2CCN(S(=O)(=O)C(C)C)CC2)nc2c(Br)cnn12. The molecule has 0 spiro atoms. The highest BCUT2D eigenvalue weighted by Crippen LogP contribution is 2.31. The first-order valence-electron chi connectivity index (χ1n) is 10.3. The third-order valence-electron chi connectivity index (χ3n) is 5.27. The highest BCUT2D eigenvalue weighted by molar-refractivity contribution is 9.10. The molecular weight excluding hydrogens is 480 g/mol. The van der Waals surface area contributed by atoms with E-state index in [0.29, 0.717) is 19.6 Å². The number of aliphatic imine (C=N–C) groups is 1. The predicted molar refractivity (Wildman–Crippen MR) is 129 cm³/mol. The lowest BCUT2D eigenvalue weighted by Gasteiger charge is -2.32. The van der Waals surface area contributed by atoms with Crippen molar-refractivity contribution in [2.75, 3.05) is 25.0 Å². The smallest absolute Gasteiger partial charge is 0.216 e. The minimum absolute atomic E-state index is 0.186. The van der Waals surface area contributed by atoms with Crippen molar-refractivity contribution in [2.24, 2.45) is 4.99 Å². The molecule has 0 saturated carbocycles. The summed E-state index contributed by atoms with van der Waals surface area (Å²) in [6.45, 7) is 10.9. The molecule has 10 heteroatoms. The van der Waals surface area contributed by atoms with Crippen LogP contribution in [0.15, 0.2) is 46.2 Å². The van der Waals surface area contributed by atoms with Gasteiger partial charge in [-0.25, -0.2) is 17.7 Å². The molecule has 0 bridgehead atoms. The van der Waals surface area contributed by atoms with Gasteiger partial charge in [0, 0.05) is 49.7 Å². The number of nitrogens with zero attached hydrogens (tertiary/aromatic N) is 5. The molecule has 0 amide bonds. The molecule has 31 heavy (non-hydrogen) atoms. The summed E-state index contributed by atoms with van der Waals surface area (Å²) in [5.41, 5.74) is 2.50. The fraction of sp³-hybridized carbons (Fsp3) is 0.476. The van der Waals surface area contributed by atoms with Gasteiger partial charge >= 0.3 is 0 Å². The van der Waals surface area contributed by atoms with Gasteiger partial charge in [0.1, 0.15) is 5.82 Å². The summed E-state index contributed by atoms with van der Waals surface area (Å²) in [7, 11) is -3.22. The first kappa shape index (κ1) is 23.6. The number of piperidine rings is 1. The zero-order valence-corrected chi connectivity index (χ0v) is 20.5. The second-order valence-electron chi connectivity index (χ2n) is 7.83. The van der Waals surface area contributed by atoms with Gasteiger partial charge in [0.25, 0.3) is 0 Å². The monoisotopic (exact) mass is 508 g/mol. The van der Waals surface area contributed by atoms with E-state index < -0.39 is 15.3 Å². The first-order chi connectivity index (χ1) is 14.7. The van der Waals surface area contributed by atoms with Crippen molar-refractivity contribution in [3.63, 3.8) is 0 Å². The van der Waals surface area contributed by atoms with Crippen LogP contribution in [-0.4, -0.2) is 58.4 Å². The fourth-order valence-electron chi connectivity index (χ4n) is 3.48. The molecule has 1 aliphatic heterocycles. The van der Waals surface area contributed by atoms with E-state index in [2.05, 4.69) is 37.9 Å². The van der Waals surface area contributed by atoms with Gasteiger partial charge in [-0.2, -0.15) is 9.61 Å². The molecule has 1 aliphatic rings. The molecule has 8 nitrogen and oxygen atoms in total. The molecule has 3 heterocycles. The Morgan fingerprint density at radius 1 is 1.42 bits per heavy atom. The molecule has 0 aromatic carbocycles. The fourth-order valence-corrected chi connectivity index (χ4v) is 5.14. The minimum atomic E-state index is -3.22. The third-order valence-corrected chi connectivity index (χ3v) is 8.10. The number of halogens is 1. The van der Waals surface area contributed by atoms with Gasteiger partial charge in [-0.3, -0.25) is 4.99 Å². The number of anilines is 1. The number of rotatable bonds is 8. The molecule has 0 atom stereocenters. The van der Waals surface area contributed by atoms with Gasteiger partial charge in [0.05, 0.1) is 15.9 Å². The number of hydrogen-bond donors (Lipinski definition) is 1.